The number of benzene rings is 4. The lowest BCUT2D eigenvalue weighted by atomic mass is 9.59. The number of likely N-dealkylation sites (tertiary alicyclic amines) is 1. The second kappa shape index (κ2) is 11.5. The van der Waals surface area contributed by atoms with Gasteiger partial charge in [-0.05, 0) is 70.7 Å². The van der Waals surface area contributed by atoms with Crippen LogP contribution < -0.4 is 4.74 Å². The van der Waals surface area contributed by atoms with Crippen LogP contribution in [0.5, 0.6) is 5.75 Å². The summed E-state index contributed by atoms with van der Waals surface area (Å²) in [6.07, 6.45) is 2.13. The number of carbonyl (C=O) groups is 1. The standard InChI is InChI=1S/C35H35NO2.BrH/c1-25-32-22-29-18-19-30(23-31(29)35(25,2)20-21-36(32)24-26-12-6-3-7-13-26)38-34(37)33(27-14-8-4-9-15-27)28-16-10-5-11-17-28;/h3-19,23,25,32-33H,20-22,24H2,1-2H3;1H. The molecule has 6 rings (SSSR count). The van der Waals surface area contributed by atoms with Crippen LogP contribution in [0, 0.1) is 5.92 Å². The zero-order valence-electron chi connectivity index (χ0n) is 22.6. The van der Waals surface area contributed by atoms with Gasteiger partial charge in [-0.15, -0.1) is 17.0 Å². The molecule has 4 aromatic carbocycles. The lowest BCUT2D eigenvalue weighted by Gasteiger charge is -2.54. The molecule has 1 aliphatic heterocycles. The van der Waals surface area contributed by atoms with E-state index in [4.69, 9.17) is 4.74 Å². The van der Waals surface area contributed by atoms with E-state index < -0.39 is 5.92 Å². The number of halogens is 1. The van der Waals surface area contributed by atoms with Crippen LogP contribution in [0.1, 0.15) is 54.0 Å². The van der Waals surface area contributed by atoms with Crippen LogP contribution in [0.2, 0.25) is 0 Å². The van der Waals surface area contributed by atoms with Gasteiger partial charge in [0.05, 0.1) is 0 Å². The van der Waals surface area contributed by atoms with Crippen LogP contribution in [-0.4, -0.2) is 23.5 Å². The van der Waals surface area contributed by atoms with Crippen molar-refractivity contribution in [3.05, 3.63) is 137 Å². The Morgan fingerprint density at radius 2 is 1.49 bits per heavy atom. The van der Waals surface area contributed by atoms with Crippen LogP contribution in [0.25, 0.3) is 0 Å². The zero-order valence-corrected chi connectivity index (χ0v) is 24.3. The fourth-order valence-electron chi connectivity index (χ4n) is 6.69. The number of fused-ring (bicyclic) bond motifs is 4. The average Bonchev–Trinajstić information content (AvgIpc) is 2.94. The number of rotatable bonds is 6. The SMILES string of the molecule is Br.CC1C2Cc3ccc(OC(=O)C(c4ccccc4)c4ccccc4)cc3C1(C)CCN2Cc1ccccc1. The summed E-state index contributed by atoms with van der Waals surface area (Å²) in [5, 5.41) is 0. The van der Waals surface area contributed by atoms with E-state index in [1.807, 2.05) is 66.7 Å². The lowest BCUT2D eigenvalue weighted by Crippen LogP contribution is -2.57. The van der Waals surface area contributed by atoms with E-state index in [0.29, 0.717) is 17.7 Å². The van der Waals surface area contributed by atoms with Gasteiger partial charge >= 0.3 is 5.97 Å². The van der Waals surface area contributed by atoms with Crippen molar-refractivity contribution in [1.29, 1.82) is 0 Å². The fourth-order valence-corrected chi connectivity index (χ4v) is 6.69. The van der Waals surface area contributed by atoms with Gasteiger partial charge in [-0.2, -0.15) is 0 Å². The topological polar surface area (TPSA) is 29.5 Å². The Morgan fingerprint density at radius 3 is 2.10 bits per heavy atom. The first-order valence-corrected chi connectivity index (χ1v) is 13.8. The fraction of sp³-hybridized carbons (Fsp3) is 0.286. The first-order valence-electron chi connectivity index (χ1n) is 13.8. The third kappa shape index (κ3) is 5.33. The van der Waals surface area contributed by atoms with E-state index in [2.05, 4.69) is 61.2 Å². The lowest BCUT2D eigenvalue weighted by molar-refractivity contribution is -0.135. The highest BCUT2D eigenvalue weighted by Gasteiger charge is 2.48. The predicted octanol–water partition coefficient (Wildman–Crippen LogP) is 7.73. The van der Waals surface area contributed by atoms with Gasteiger partial charge in [0.25, 0.3) is 0 Å². The van der Waals surface area contributed by atoms with Crippen LogP contribution in [-0.2, 0) is 23.2 Å². The van der Waals surface area contributed by atoms with Gasteiger partial charge in [-0.3, -0.25) is 9.69 Å². The van der Waals surface area contributed by atoms with Crippen molar-refractivity contribution in [3.8, 4) is 5.75 Å². The smallest absolute Gasteiger partial charge is 0.323 e. The summed E-state index contributed by atoms with van der Waals surface area (Å²) < 4.78 is 6.12. The quantitative estimate of drug-likeness (QED) is 0.172. The summed E-state index contributed by atoms with van der Waals surface area (Å²) in [4.78, 5) is 16.3. The minimum atomic E-state index is -0.464. The molecule has 1 fully saturated rings. The number of ether oxygens (including phenoxy) is 1. The second-order valence-electron chi connectivity index (χ2n) is 11.2. The van der Waals surface area contributed by atoms with Crippen molar-refractivity contribution in [2.75, 3.05) is 6.54 Å². The molecule has 0 spiro atoms. The van der Waals surface area contributed by atoms with E-state index >= 15 is 0 Å². The van der Waals surface area contributed by atoms with Crippen molar-refractivity contribution in [3.63, 3.8) is 0 Å². The maximum absolute atomic E-state index is 13.6. The molecule has 0 aromatic heterocycles. The molecule has 0 saturated carbocycles. The number of hydrogen-bond acceptors (Lipinski definition) is 3. The summed E-state index contributed by atoms with van der Waals surface area (Å²) >= 11 is 0. The molecular weight excluding hydrogens is 546 g/mol. The van der Waals surface area contributed by atoms with Crippen molar-refractivity contribution >= 4 is 23.0 Å². The molecule has 3 unspecified atom stereocenters. The summed E-state index contributed by atoms with van der Waals surface area (Å²) in [7, 11) is 0. The van der Waals surface area contributed by atoms with E-state index in [1.165, 1.54) is 16.7 Å². The number of hydrogen-bond donors (Lipinski definition) is 0. The highest BCUT2D eigenvalue weighted by Crippen LogP contribution is 2.49. The van der Waals surface area contributed by atoms with E-state index in [-0.39, 0.29) is 28.4 Å². The van der Waals surface area contributed by atoms with E-state index in [9.17, 15) is 4.79 Å². The Hall–Kier alpha value is -3.21. The van der Waals surface area contributed by atoms with Crippen molar-refractivity contribution in [2.45, 2.75) is 50.6 Å². The van der Waals surface area contributed by atoms with Gasteiger partial charge in [0.2, 0.25) is 0 Å². The minimum absolute atomic E-state index is 0. The molecule has 1 heterocycles. The number of piperidine rings is 1. The Kier molecular flexibility index (Phi) is 8.06. The molecule has 200 valence electrons. The summed E-state index contributed by atoms with van der Waals surface area (Å²) in [5.41, 5.74) is 6.05. The molecule has 0 amide bonds. The second-order valence-corrected chi connectivity index (χ2v) is 11.2. The van der Waals surface area contributed by atoms with Gasteiger partial charge < -0.3 is 4.74 Å². The van der Waals surface area contributed by atoms with Crippen molar-refractivity contribution in [1.82, 2.24) is 4.90 Å². The Bertz CT molecular complexity index is 1370. The summed E-state index contributed by atoms with van der Waals surface area (Å²) in [6.45, 7) is 6.89. The monoisotopic (exact) mass is 581 g/mol. The summed E-state index contributed by atoms with van der Waals surface area (Å²) in [5.74, 6) is 0.449. The Morgan fingerprint density at radius 1 is 0.897 bits per heavy atom. The number of carbonyl (C=O) groups excluding carboxylic acids is 1. The van der Waals surface area contributed by atoms with Crippen molar-refractivity contribution in [2.24, 2.45) is 5.92 Å². The molecule has 2 bridgehead atoms. The van der Waals surface area contributed by atoms with E-state index in [1.54, 1.807) is 0 Å². The first-order chi connectivity index (χ1) is 18.5. The molecule has 1 aliphatic carbocycles. The third-order valence-corrected chi connectivity index (χ3v) is 9.04. The molecule has 3 atom stereocenters. The maximum Gasteiger partial charge on any atom is 0.323 e. The zero-order chi connectivity index (χ0) is 26.1. The molecule has 3 nitrogen and oxygen atoms in total. The third-order valence-electron chi connectivity index (χ3n) is 9.04. The average molecular weight is 583 g/mol. The highest BCUT2D eigenvalue weighted by molar-refractivity contribution is 8.93. The van der Waals surface area contributed by atoms with Crippen LogP contribution in [0.3, 0.4) is 0 Å². The molecule has 39 heavy (non-hydrogen) atoms. The van der Waals surface area contributed by atoms with E-state index in [0.717, 1.165) is 37.1 Å². The van der Waals surface area contributed by atoms with Gasteiger partial charge in [-0.25, -0.2) is 0 Å². The molecule has 1 saturated heterocycles. The van der Waals surface area contributed by atoms with Crippen LogP contribution >= 0.6 is 17.0 Å². The highest BCUT2D eigenvalue weighted by atomic mass is 79.9. The molecule has 4 heteroatoms. The predicted molar refractivity (Wildman–Crippen MR) is 163 cm³/mol. The molecule has 2 aliphatic rings. The van der Waals surface area contributed by atoms with Crippen molar-refractivity contribution < 1.29 is 9.53 Å². The van der Waals surface area contributed by atoms with Crippen LogP contribution in [0.15, 0.2) is 109 Å². The molecular formula is C35H36BrNO2. The molecule has 0 radical (unpaired) electrons. The summed E-state index contributed by atoms with van der Waals surface area (Å²) in [6, 6.07) is 37.5. The number of nitrogens with zero attached hydrogens (tertiary/aromatic N) is 1. The van der Waals surface area contributed by atoms with Crippen LogP contribution in [0.4, 0.5) is 0 Å². The normalized spacial score (nSPS) is 22.0. The Balaban J connectivity index is 0.00000308. The van der Waals surface area contributed by atoms with Gasteiger partial charge in [0.15, 0.2) is 0 Å². The Labute approximate surface area is 242 Å². The maximum atomic E-state index is 13.6. The molecule has 0 N–H and O–H groups in total. The van der Waals surface area contributed by atoms with Gasteiger partial charge in [-0.1, -0.05) is 111 Å². The minimum Gasteiger partial charge on any atom is -0.426 e. The van der Waals surface area contributed by atoms with Gasteiger partial charge in [0, 0.05) is 12.6 Å². The van der Waals surface area contributed by atoms with Gasteiger partial charge in [0.1, 0.15) is 11.7 Å². The first kappa shape index (κ1) is 27.4. The largest absolute Gasteiger partial charge is 0.426 e. The molecule has 4 aromatic rings. The number of esters is 1.